The third-order valence-corrected chi connectivity index (χ3v) is 4.06. The Morgan fingerprint density at radius 3 is 2.60 bits per heavy atom. The average Bonchev–Trinajstić information content (AvgIpc) is 2.74. The minimum absolute atomic E-state index is 0.0133. The Morgan fingerprint density at radius 1 is 1.35 bits per heavy atom. The predicted molar refractivity (Wildman–Crippen MR) is 72.1 cm³/mol. The van der Waals surface area contributed by atoms with Crippen LogP contribution in [0, 0.1) is 23.7 Å². The molecule has 1 aromatic heterocycles. The molecule has 0 amide bonds. The van der Waals surface area contributed by atoms with Gasteiger partial charge in [-0.15, -0.1) is 0 Å². The van der Waals surface area contributed by atoms with E-state index in [0.717, 1.165) is 5.69 Å². The number of hydrogen-bond acceptors (Lipinski definition) is 4. The van der Waals surface area contributed by atoms with Gasteiger partial charge in [0.1, 0.15) is 11.6 Å². The zero-order valence-electron chi connectivity index (χ0n) is 12.0. The van der Waals surface area contributed by atoms with Gasteiger partial charge in [-0.1, -0.05) is 13.8 Å². The molecular formula is C15H18N2O3. The van der Waals surface area contributed by atoms with Crippen molar-refractivity contribution in [3.05, 3.63) is 33.2 Å². The molecule has 2 aliphatic rings. The summed E-state index contributed by atoms with van der Waals surface area (Å²) < 4.78 is 13.6. The first-order chi connectivity index (χ1) is 9.38. The molecule has 0 saturated carbocycles. The first-order valence-electron chi connectivity index (χ1n) is 6.81. The zero-order chi connectivity index (χ0) is 14.5. The Kier molecular flexibility index (Phi) is 2.79. The molecule has 1 aromatic rings. The molecule has 2 aliphatic heterocycles. The maximum absolute atomic E-state index is 12.3. The molecule has 3 heterocycles. The van der Waals surface area contributed by atoms with Gasteiger partial charge in [-0.25, -0.2) is 0 Å². The Hall–Kier alpha value is -1.64. The van der Waals surface area contributed by atoms with Gasteiger partial charge in [-0.2, -0.15) is 5.26 Å². The lowest BCUT2D eigenvalue weighted by molar-refractivity contribution is -0.306. The van der Waals surface area contributed by atoms with E-state index in [0.29, 0.717) is 31.7 Å². The molecule has 0 bridgehead atoms. The topological polar surface area (TPSA) is 64.2 Å². The Labute approximate surface area is 117 Å². The van der Waals surface area contributed by atoms with E-state index in [1.807, 2.05) is 12.1 Å². The standard InChI is InChI=1S/C15H18N2O3/c1-10-6-12-15(19-8-14(2,3)9-20-15)4-5-17(12)13(18)11(10)7-16/h6H,4-5,8-9H2,1-3H3. The molecule has 0 aliphatic carbocycles. The van der Waals surface area contributed by atoms with Gasteiger partial charge in [0.2, 0.25) is 5.79 Å². The van der Waals surface area contributed by atoms with E-state index in [1.54, 1.807) is 11.5 Å². The van der Waals surface area contributed by atoms with Crippen LogP contribution in [0.3, 0.4) is 0 Å². The van der Waals surface area contributed by atoms with Crippen LogP contribution in [0.5, 0.6) is 0 Å². The molecule has 1 fully saturated rings. The van der Waals surface area contributed by atoms with Gasteiger partial charge in [-0.3, -0.25) is 4.79 Å². The van der Waals surface area contributed by atoms with Crippen molar-refractivity contribution in [1.29, 1.82) is 5.26 Å². The number of aromatic nitrogens is 1. The maximum atomic E-state index is 12.3. The zero-order valence-corrected chi connectivity index (χ0v) is 12.0. The van der Waals surface area contributed by atoms with E-state index < -0.39 is 5.79 Å². The number of hydrogen-bond donors (Lipinski definition) is 0. The van der Waals surface area contributed by atoms with Crippen molar-refractivity contribution in [2.24, 2.45) is 5.41 Å². The fourth-order valence-electron chi connectivity index (χ4n) is 2.83. The number of pyridine rings is 1. The second kappa shape index (κ2) is 4.18. The van der Waals surface area contributed by atoms with Gasteiger partial charge in [-0.05, 0) is 18.6 Å². The summed E-state index contributed by atoms with van der Waals surface area (Å²) in [6.07, 6.45) is 0.618. The summed E-state index contributed by atoms with van der Waals surface area (Å²) in [4.78, 5) is 12.3. The van der Waals surface area contributed by atoms with Crippen LogP contribution in [0.4, 0.5) is 0 Å². The van der Waals surface area contributed by atoms with Crippen molar-refractivity contribution in [2.45, 2.75) is 39.5 Å². The van der Waals surface area contributed by atoms with Gasteiger partial charge in [0.15, 0.2) is 0 Å². The van der Waals surface area contributed by atoms with Crippen molar-refractivity contribution in [3.8, 4) is 6.07 Å². The molecule has 1 saturated heterocycles. The van der Waals surface area contributed by atoms with E-state index in [1.165, 1.54) is 0 Å². The van der Waals surface area contributed by atoms with E-state index >= 15 is 0 Å². The Balaban J connectivity index is 2.08. The lowest BCUT2D eigenvalue weighted by atomic mass is 9.94. The molecule has 0 unspecified atom stereocenters. The van der Waals surface area contributed by atoms with Crippen molar-refractivity contribution in [3.63, 3.8) is 0 Å². The van der Waals surface area contributed by atoms with E-state index in [2.05, 4.69) is 13.8 Å². The van der Waals surface area contributed by atoms with Gasteiger partial charge in [0, 0.05) is 18.4 Å². The van der Waals surface area contributed by atoms with Crippen molar-refractivity contribution < 1.29 is 9.47 Å². The van der Waals surface area contributed by atoms with E-state index in [4.69, 9.17) is 14.7 Å². The first-order valence-corrected chi connectivity index (χ1v) is 6.81. The normalized spacial score (nSPS) is 22.5. The molecule has 106 valence electrons. The lowest BCUT2D eigenvalue weighted by Gasteiger charge is -2.41. The molecule has 0 atom stereocenters. The van der Waals surface area contributed by atoms with E-state index in [9.17, 15) is 4.79 Å². The number of nitrogens with zero attached hydrogens (tertiary/aromatic N) is 2. The van der Waals surface area contributed by atoms with Crippen LogP contribution in [0.15, 0.2) is 10.9 Å². The highest BCUT2D eigenvalue weighted by molar-refractivity contribution is 5.38. The first kappa shape index (κ1) is 13.3. The van der Waals surface area contributed by atoms with Gasteiger partial charge in [0.05, 0.1) is 18.9 Å². The molecule has 5 nitrogen and oxygen atoms in total. The summed E-state index contributed by atoms with van der Waals surface area (Å²) in [5.41, 5.74) is 1.38. The average molecular weight is 274 g/mol. The number of nitriles is 1. The van der Waals surface area contributed by atoms with E-state index in [-0.39, 0.29) is 16.5 Å². The molecule has 0 N–H and O–H groups in total. The highest BCUT2D eigenvalue weighted by Crippen LogP contribution is 2.42. The van der Waals surface area contributed by atoms with Gasteiger partial charge in [0.25, 0.3) is 5.56 Å². The molecule has 3 rings (SSSR count). The summed E-state index contributed by atoms with van der Waals surface area (Å²) in [6.45, 7) is 7.68. The number of aryl methyl sites for hydroxylation is 1. The smallest absolute Gasteiger partial charge is 0.269 e. The molecule has 1 spiro atoms. The fraction of sp³-hybridized carbons (Fsp3) is 0.600. The van der Waals surface area contributed by atoms with Crippen LogP contribution >= 0.6 is 0 Å². The highest BCUT2D eigenvalue weighted by atomic mass is 16.7. The SMILES string of the molecule is Cc1cc2n(c(=O)c1C#N)CCC21OCC(C)(C)CO1. The third kappa shape index (κ3) is 1.80. The molecule has 20 heavy (non-hydrogen) atoms. The van der Waals surface area contributed by atoms with Crippen LogP contribution in [0.1, 0.15) is 37.1 Å². The van der Waals surface area contributed by atoms with Crippen LogP contribution in [0.25, 0.3) is 0 Å². The van der Waals surface area contributed by atoms with Crippen LogP contribution < -0.4 is 5.56 Å². The summed E-state index contributed by atoms with van der Waals surface area (Å²) in [5, 5.41) is 9.08. The quantitative estimate of drug-likeness (QED) is 0.721. The summed E-state index contributed by atoms with van der Waals surface area (Å²) in [6, 6.07) is 3.84. The Bertz CT molecular complexity index is 657. The summed E-state index contributed by atoms with van der Waals surface area (Å²) in [7, 11) is 0. The predicted octanol–water partition coefficient (Wildman–Crippen LogP) is 1.66. The Morgan fingerprint density at radius 2 is 2.00 bits per heavy atom. The lowest BCUT2D eigenvalue weighted by Crippen LogP contribution is -2.45. The minimum Gasteiger partial charge on any atom is -0.344 e. The highest BCUT2D eigenvalue weighted by Gasteiger charge is 2.47. The second-order valence-electron chi connectivity index (χ2n) is 6.40. The van der Waals surface area contributed by atoms with Crippen molar-refractivity contribution in [1.82, 2.24) is 4.57 Å². The molecule has 5 heteroatoms. The number of fused-ring (bicyclic) bond motifs is 2. The van der Waals surface area contributed by atoms with Gasteiger partial charge >= 0.3 is 0 Å². The van der Waals surface area contributed by atoms with Crippen molar-refractivity contribution in [2.75, 3.05) is 13.2 Å². The third-order valence-electron chi connectivity index (χ3n) is 4.06. The van der Waals surface area contributed by atoms with Crippen LogP contribution in [-0.2, 0) is 21.8 Å². The largest absolute Gasteiger partial charge is 0.344 e. The molecular weight excluding hydrogens is 256 g/mol. The minimum atomic E-state index is -0.812. The number of ether oxygens (including phenoxy) is 2. The van der Waals surface area contributed by atoms with Crippen LogP contribution in [0.2, 0.25) is 0 Å². The number of rotatable bonds is 0. The van der Waals surface area contributed by atoms with Crippen LogP contribution in [-0.4, -0.2) is 17.8 Å². The van der Waals surface area contributed by atoms with Crippen molar-refractivity contribution >= 4 is 0 Å². The van der Waals surface area contributed by atoms with Gasteiger partial charge < -0.3 is 14.0 Å². The summed E-state index contributed by atoms with van der Waals surface area (Å²) in [5.74, 6) is -0.812. The summed E-state index contributed by atoms with van der Waals surface area (Å²) >= 11 is 0. The maximum Gasteiger partial charge on any atom is 0.269 e. The molecule has 0 radical (unpaired) electrons. The monoisotopic (exact) mass is 274 g/mol. The molecule has 0 aromatic carbocycles. The second-order valence-corrected chi connectivity index (χ2v) is 6.40. The fourth-order valence-corrected chi connectivity index (χ4v) is 2.83.